The third-order valence-electron chi connectivity index (χ3n) is 5.33. The normalized spacial score (nSPS) is 17.0. The van der Waals surface area contributed by atoms with Crippen molar-refractivity contribution in [3.8, 4) is 17.2 Å². The van der Waals surface area contributed by atoms with Gasteiger partial charge in [-0.05, 0) is 43.2 Å². The molecular weight excluding hydrogens is 436 g/mol. The number of sulfonamides is 1. The van der Waals surface area contributed by atoms with Gasteiger partial charge >= 0.3 is 0 Å². The average molecular weight is 463 g/mol. The van der Waals surface area contributed by atoms with Gasteiger partial charge in [-0.3, -0.25) is 4.79 Å². The molecule has 0 radical (unpaired) electrons. The summed E-state index contributed by atoms with van der Waals surface area (Å²) in [7, 11) is -3.63. The van der Waals surface area contributed by atoms with Crippen LogP contribution in [0.5, 0.6) is 17.2 Å². The lowest BCUT2D eigenvalue weighted by atomic mass is 10.2. The highest BCUT2D eigenvalue weighted by Gasteiger charge is 2.26. The van der Waals surface area contributed by atoms with E-state index in [1.165, 1.54) is 16.4 Å². The molecular formula is C22H26N2O7S. The van der Waals surface area contributed by atoms with Crippen molar-refractivity contribution in [3.05, 3.63) is 48.0 Å². The van der Waals surface area contributed by atoms with Gasteiger partial charge in [0.15, 0.2) is 11.5 Å². The van der Waals surface area contributed by atoms with E-state index in [2.05, 4.69) is 5.32 Å². The summed E-state index contributed by atoms with van der Waals surface area (Å²) in [6.45, 7) is 1.06. The number of aliphatic hydroxyl groups is 1. The summed E-state index contributed by atoms with van der Waals surface area (Å²) in [6.07, 6.45) is 1.75. The standard InChI is InChI=1S/C22H26N2O7S/c25-17(14-29-18-7-8-20-21(12-18)31-15-30-20)13-23-22(26)16-5-4-6-19(11-16)32(27,28)24-9-2-1-3-10-24/h4-8,11-12,17,25H,1-3,9-10,13-15H2,(H,23,26). The van der Waals surface area contributed by atoms with Crippen LogP contribution in [0.15, 0.2) is 47.4 Å². The summed E-state index contributed by atoms with van der Waals surface area (Å²) in [5.74, 6) is 1.25. The molecule has 1 saturated heterocycles. The molecule has 2 aliphatic rings. The number of benzene rings is 2. The smallest absolute Gasteiger partial charge is 0.251 e. The molecule has 0 bridgehead atoms. The van der Waals surface area contributed by atoms with Gasteiger partial charge in [-0.15, -0.1) is 0 Å². The molecule has 2 heterocycles. The van der Waals surface area contributed by atoms with Crippen molar-refractivity contribution in [2.45, 2.75) is 30.3 Å². The van der Waals surface area contributed by atoms with Crippen LogP contribution in [0.4, 0.5) is 0 Å². The van der Waals surface area contributed by atoms with E-state index < -0.39 is 22.0 Å². The summed E-state index contributed by atoms with van der Waals surface area (Å²) < 4.78 is 43.2. The molecule has 172 valence electrons. The highest BCUT2D eigenvalue weighted by Crippen LogP contribution is 2.35. The Balaban J connectivity index is 1.30. The first-order valence-corrected chi connectivity index (χ1v) is 12.0. The predicted octanol–water partition coefficient (Wildman–Crippen LogP) is 1.76. The predicted molar refractivity (Wildman–Crippen MR) is 115 cm³/mol. The molecule has 10 heteroatoms. The maximum atomic E-state index is 12.8. The number of hydrogen-bond donors (Lipinski definition) is 2. The van der Waals surface area contributed by atoms with E-state index in [1.807, 2.05) is 0 Å². The lowest BCUT2D eigenvalue weighted by molar-refractivity contribution is 0.0843. The third kappa shape index (κ3) is 5.14. The fraction of sp³-hybridized carbons (Fsp3) is 0.409. The van der Waals surface area contributed by atoms with Gasteiger partial charge in [0.2, 0.25) is 16.8 Å². The molecule has 9 nitrogen and oxygen atoms in total. The van der Waals surface area contributed by atoms with Crippen molar-refractivity contribution in [1.82, 2.24) is 9.62 Å². The van der Waals surface area contributed by atoms with Crippen molar-refractivity contribution in [3.63, 3.8) is 0 Å². The summed E-state index contributed by atoms with van der Waals surface area (Å²) in [6, 6.07) is 11.0. The SMILES string of the molecule is O=C(NCC(O)COc1ccc2c(c1)OCO2)c1cccc(S(=O)(=O)N2CCCCC2)c1. The first-order chi connectivity index (χ1) is 15.4. The molecule has 2 aliphatic heterocycles. The minimum atomic E-state index is -3.63. The van der Waals surface area contributed by atoms with Gasteiger partial charge in [0.05, 0.1) is 4.90 Å². The Morgan fingerprint density at radius 1 is 1.09 bits per heavy atom. The fourth-order valence-electron chi connectivity index (χ4n) is 3.58. The molecule has 4 rings (SSSR count). The molecule has 0 saturated carbocycles. The number of aliphatic hydroxyl groups excluding tert-OH is 1. The van der Waals surface area contributed by atoms with Crippen LogP contribution in [-0.4, -0.2) is 62.9 Å². The van der Waals surface area contributed by atoms with Crippen LogP contribution in [0.2, 0.25) is 0 Å². The van der Waals surface area contributed by atoms with Crippen LogP contribution in [0.1, 0.15) is 29.6 Å². The van der Waals surface area contributed by atoms with Gasteiger partial charge in [0, 0.05) is 31.3 Å². The number of nitrogens with zero attached hydrogens (tertiary/aromatic N) is 1. The average Bonchev–Trinajstić information content (AvgIpc) is 3.30. The second-order valence-corrected chi connectivity index (χ2v) is 9.62. The number of hydrogen-bond acceptors (Lipinski definition) is 7. The van der Waals surface area contributed by atoms with Crippen molar-refractivity contribution < 1.29 is 32.5 Å². The Bertz CT molecular complexity index is 1070. The quantitative estimate of drug-likeness (QED) is 0.614. The van der Waals surface area contributed by atoms with Crippen LogP contribution >= 0.6 is 0 Å². The monoisotopic (exact) mass is 462 g/mol. The van der Waals surface area contributed by atoms with Crippen molar-refractivity contribution >= 4 is 15.9 Å². The molecule has 2 aromatic carbocycles. The number of fused-ring (bicyclic) bond motifs is 1. The van der Waals surface area contributed by atoms with Gasteiger partial charge in [0.1, 0.15) is 18.5 Å². The summed E-state index contributed by atoms with van der Waals surface area (Å²) in [5.41, 5.74) is 0.215. The second-order valence-electron chi connectivity index (χ2n) is 7.68. The molecule has 32 heavy (non-hydrogen) atoms. The Kier molecular flexibility index (Phi) is 6.83. The highest BCUT2D eigenvalue weighted by molar-refractivity contribution is 7.89. The van der Waals surface area contributed by atoms with Gasteiger partial charge < -0.3 is 24.6 Å². The van der Waals surface area contributed by atoms with Gasteiger partial charge in [0.25, 0.3) is 5.91 Å². The number of carbonyl (C=O) groups excluding carboxylic acids is 1. The van der Waals surface area contributed by atoms with E-state index in [4.69, 9.17) is 14.2 Å². The lowest BCUT2D eigenvalue weighted by Gasteiger charge is -2.26. The van der Waals surface area contributed by atoms with E-state index >= 15 is 0 Å². The molecule has 2 aromatic rings. The lowest BCUT2D eigenvalue weighted by Crippen LogP contribution is -2.36. The third-order valence-corrected chi connectivity index (χ3v) is 7.23. The maximum Gasteiger partial charge on any atom is 0.251 e. The van der Waals surface area contributed by atoms with Gasteiger partial charge in [-0.2, -0.15) is 4.31 Å². The molecule has 2 N–H and O–H groups in total. The zero-order chi connectivity index (χ0) is 22.6. The summed E-state index contributed by atoms with van der Waals surface area (Å²) in [4.78, 5) is 12.6. The zero-order valence-corrected chi connectivity index (χ0v) is 18.3. The summed E-state index contributed by atoms with van der Waals surface area (Å²) >= 11 is 0. The Morgan fingerprint density at radius 2 is 1.88 bits per heavy atom. The van der Waals surface area contributed by atoms with E-state index in [-0.39, 0.29) is 30.4 Å². The van der Waals surface area contributed by atoms with Crippen molar-refractivity contribution in [1.29, 1.82) is 0 Å². The molecule has 0 spiro atoms. The number of carbonyl (C=O) groups is 1. The number of rotatable bonds is 8. The first-order valence-electron chi connectivity index (χ1n) is 10.5. The van der Waals surface area contributed by atoms with E-state index in [0.717, 1.165) is 19.3 Å². The topological polar surface area (TPSA) is 114 Å². The van der Waals surface area contributed by atoms with Crippen LogP contribution in [0.25, 0.3) is 0 Å². The maximum absolute atomic E-state index is 12.8. The van der Waals surface area contributed by atoms with Crippen LogP contribution in [-0.2, 0) is 10.0 Å². The van der Waals surface area contributed by atoms with Gasteiger partial charge in [-0.1, -0.05) is 12.5 Å². The number of ether oxygens (including phenoxy) is 3. The van der Waals surface area contributed by atoms with E-state index in [0.29, 0.717) is 30.3 Å². The molecule has 1 atom stereocenters. The highest BCUT2D eigenvalue weighted by atomic mass is 32.2. The fourth-order valence-corrected chi connectivity index (χ4v) is 5.15. The summed E-state index contributed by atoms with van der Waals surface area (Å²) in [5, 5.41) is 12.8. The number of piperidine rings is 1. The Morgan fingerprint density at radius 3 is 2.69 bits per heavy atom. The molecule has 1 fully saturated rings. The Labute approximate surface area is 186 Å². The van der Waals surface area contributed by atoms with Gasteiger partial charge in [-0.25, -0.2) is 8.42 Å². The van der Waals surface area contributed by atoms with Crippen molar-refractivity contribution in [2.75, 3.05) is 33.0 Å². The Hall–Kier alpha value is -2.82. The molecule has 1 amide bonds. The van der Waals surface area contributed by atoms with Crippen LogP contribution in [0.3, 0.4) is 0 Å². The van der Waals surface area contributed by atoms with Crippen LogP contribution < -0.4 is 19.5 Å². The number of nitrogens with one attached hydrogen (secondary N) is 1. The minimum absolute atomic E-state index is 0.0384. The largest absolute Gasteiger partial charge is 0.491 e. The molecule has 0 aromatic heterocycles. The zero-order valence-electron chi connectivity index (χ0n) is 17.5. The van der Waals surface area contributed by atoms with E-state index in [9.17, 15) is 18.3 Å². The van der Waals surface area contributed by atoms with Crippen LogP contribution in [0, 0.1) is 0 Å². The minimum Gasteiger partial charge on any atom is -0.491 e. The molecule has 0 aliphatic carbocycles. The molecule has 1 unspecified atom stereocenters. The van der Waals surface area contributed by atoms with E-state index in [1.54, 1.807) is 30.3 Å². The number of amides is 1. The second kappa shape index (κ2) is 9.76. The first kappa shape index (κ1) is 22.4. The van der Waals surface area contributed by atoms with Crippen molar-refractivity contribution in [2.24, 2.45) is 0 Å².